The van der Waals surface area contributed by atoms with E-state index >= 15 is 0 Å². The van der Waals surface area contributed by atoms with Crippen molar-refractivity contribution < 1.29 is 0 Å². The Morgan fingerprint density at radius 3 is 2.75 bits per heavy atom. The molecule has 0 saturated carbocycles. The maximum absolute atomic E-state index is 4.38. The van der Waals surface area contributed by atoms with E-state index in [1.54, 1.807) is 0 Å². The van der Waals surface area contributed by atoms with Gasteiger partial charge in [-0.25, -0.2) is 4.98 Å². The van der Waals surface area contributed by atoms with Gasteiger partial charge in [-0.15, -0.1) is 0 Å². The van der Waals surface area contributed by atoms with Crippen LogP contribution in [-0.4, -0.2) is 59.2 Å². The first-order valence-corrected chi connectivity index (χ1v) is 9.20. The zero-order chi connectivity index (χ0) is 17.5. The SMILES string of the molecule is CN=C(NCCCCn1ccnc1C)NC1CN(C(C)C)CC1C. The predicted molar refractivity (Wildman–Crippen MR) is 100 cm³/mol. The Balaban J connectivity index is 1.66. The Morgan fingerprint density at radius 1 is 1.38 bits per heavy atom. The average molecular weight is 335 g/mol. The number of aryl methyl sites for hydroxylation is 2. The lowest BCUT2D eigenvalue weighted by atomic mass is 10.1. The van der Waals surface area contributed by atoms with Crippen molar-refractivity contribution in [2.75, 3.05) is 26.7 Å². The fourth-order valence-electron chi connectivity index (χ4n) is 3.24. The molecule has 1 aromatic heterocycles. The highest BCUT2D eigenvalue weighted by molar-refractivity contribution is 5.80. The van der Waals surface area contributed by atoms with Crippen molar-refractivity contribution in [1.82, 2.24) is 25.1 Å². The number of aromatic nitrogens is 2. The van der Waals surface area contributed by atoms with Crippen molar-refractivity contribution in [3.63, 3.8) is 0 Å². The summed E-state index contributed by atoms with van der Waals surface area (Å²) < 4.78 is 2.20. The van der Waals surface area contributed by atoms with E-state index in [0.29, 0.717) is 18.0 Å². The number of aliphatic imine (C=N–C) groups is 1. The molecule has 2 heterocycles. The number of nitrogens with one attached hydrogen (secondary N) is 2. The summed E-state index contributed by atoms with van der Waals surface area (Å²) in [6.45, 7) is 13.1. The third-order valence-corrected chi connectivity index (χ3v) is 4.96. The Bertz CT molecular complexity index is 521. The topological polar surface area (TPSA) is 57.5 Å². The van der Waals surface area contributed by atoms with Crippen LogP contribution in [0.2, 0.25) is 0 Å². The molecule has 1 aliphatic rings. The van der Waals surface area contributed by atoms with Crippen molar-refractivity contribution in [3.05, 3.63) is 18.2 Å². The van der Waals surface area contributed by atoms with Gasteiger partial charge in [-0.3, -0.25) is 9.89 Å². The maximum atomic E-state index is 4.38. The lowest BCUT2D eigenvalue weighted by molar-refractivity contribution is 0.265. The quantitative estimate of drug-likeness (QED) is 0.454. The molecule has 6 heteroatoms. The van der Waals surface area contributed by atoms with E-state index in [4.69, 9.17) is 0 Å². The van der Waals surface area contributed by atoms with Crippen molar-refractivity contribution in [2.45, 2.75) is 59.2 Å². The minimum atomic E-state index is 0.479. The zero-order valence-electron chi connectivity index (χ0n) is 15.9. The molecule has 2 unspecified atom stereocenters. The van der Waals surface area contributed by atoms with Crippen LogP contribution in [0.25, 0.3) is 0 Å². The molecule has 24 heavy (non-hydrogen) atoms. The third kappa shape index (κ3) is 5.23. The molecule has 0 spiro atoms. The van der Waals surface area contributed by atoms with E-state index in [2.05, 4.69) is 50.8 Å². The Labute approximate surface area is 146 Å². The summed E-state index contributed by atoms with van der Waals surface area (Å²) in [5.41, 5.74) is 0. The summed E-state index contributed by atoms with van der Waals surface area (Å²) in [6.07, 6.45) is 6.17. The summed E-state index contributed by atoms with van der Waals surface area (Å²) in [6, 6.07) is 1.09. The molecule has 0 amide bonds. The van der Waals surface area contributed by atoms with Crippen LogP contribution in [0.3, 0.4) is 0 Å². The molecule has 6 nitrogen and oxygen atoms in total. The molecule has 1 aliphatic heterocycles. The summed E-state index contributed by atoms with van der Waals surface area (Å²) >= 11 is 0. The summed E-state index contributed by atoms with van der Waals surface area (Å²) in [5, 5.41) is 7.05. The average Bonchev–Trinajstić information content (AvgIpc) is 3.12. The lowest BCUT2D eigenvalue weighted by Gasteiger charge is -2.22. The summed E-state index contributed by atoms with van der Waals surface area (Å²) in [7, 11) is 1.85. The van der Waals surface area contributed by atoms with Gasteiger partial charge >= 0.3 is 0 Å². The first kappa shape index (κ1) is 18.8. The molecule has 136 valence electrons. The fourth-order valence-corrected chi connectivity index (χ4v) is 3.24. The van der Waals surface area contributed by atoms with Crippen molar-refractivity contribution >= 4 is 5.96 Å². The second-order valence-corrected chi connectivity index (χ2v) is 7.15. The first-order valence-electron chi connectivity index (χ1n) is 9.20. The second kappa shape index (κ2) is 9.06. The van der Waals surface area contributed by atoms with Gasteiger partial charge in [-0.1, -0.05) is 6.92 Å². The molecule has 0 bridgehead atoms. The van der Waals surface area contributed by atoms with Crippen LogP contribution in [0, 0.1) is 12.8 Å². The van der Waals surface area contributed by atoms with E-state index in [1.165, 1.54) is 0 Å². The highest BCUT2D eigenvalue weighted by Crippen LogP contribution is 2.18. The van der Waals surface area contributed by atoms with Gasteiger partial charge in [0.1, 0.15) is 5.82 Å². The summed E-state index contributed by atoms with van der Waals surface area (Å²) in [4.78, 5) is 11.2. The lowest BCUT2D eigenvalue weighted by Crippen LogP contribution is -2.47. The molecular formula is C18H34N6. The normalized spacial score (nSPS) is 22.3. The standard InChI is InChI=1S/C18H34N6/c1-14(2)24-12-15(3)17(13-24)22-18(19-5)21-8-6-7-10-23-11-9-20-16(23)4/h9,11,14-15,17H,6-8,10,12-13H2,1-5H3,(H2,19,21,22). The Hall–Kier alpha value is -1.56. The first-order chi connectivity index (χ1) is 11.5. The predicted octanol–water partition coefficient (Wildman–Crippen LogP) is 1.87. The molecule has 0 radical (unpaired) electrons. The third-order valence-electron chi connectivity index (χ3n) is 4.96. The molecule has 1 fully saturated rings. The van der Waals surface area contributed by atoms with E-state index in [-0.39, 0.29) is 0 Å². The van der Waals surface area contributed by atoms with Gasteiger partial charge in [0.15, 0.2) is 5.96 Å². The highest BCUT2D eigenvalue weighted by Gasteiger charge is 2.31. The van der Waals surface area contributed by atoms with Crippen LogP contribution in [-0.2, 0) is 6.54 Å². The van der Waals surface area contributed by atoms with Gasteiger partial charge in [-0.2, -0.15) is 0 Å². The van der Waals surface area contributed by atoms with E-state index in [9.17, 15) is 0 Å². The van der Waals surface area contributed by atoms with Gasteiger partial charge in [0, 0.05) is 57.7 Å². The number of likely N-dealkylation sites (tertiary alicyclic amines) is 1. The van der Waals surface area contributed by atoms with Crippen LogP contribution >= 0.6 is 0 Å². The monoisotopic (exact) mass is 334 g/mol. The smallest absolute Gasteiger partial charge is 0.191 e. The Kier molecular flexibility index (Phi) is 7.09. The minimum absolute atomic E-state index is 0.479. The number of nitrogens with zero attached hydrogens (tertiary/aromatic N) is 4. The van der Waals surface area contributed by atoms with Crippen molar-refractivity contribution in [1.29, 1.82) is 0 Å². The molecule has 2 N–H and O–H groups in total. The fraction of sp³-hybridized carbons (Fsp3) is 0.778. The molecular weight excluding hydrogens is 300 g/mol. The van der Waals surface area contributed by atoms with Crippen molar-refractivity contribution in [3.8, 4) is 0 Å². The zero-order valence-corrected chi connectivity index (χ0v) is 15.9. The largest absolute Gasteiger partial charge is 0.356 e. The Morgan fingerprint density at radius 2 is 2.17 bits per heavy atom. The van der Waals surface area contributed by atoms with Gasteiger partial charge < -0.3 is 15.2 Å². The summed E-state index contributed by atoms with van der Waals surface area (Å²) in [5.74, 6) is 2.66. The highest BCUT2D eigenvalue weighted by atomic mass is 15.3. The van der Waals surface area contributed by atoms with Gasteiger partial charge in [-0.05, 0) is 39.5 Å². The number of imidazole rings is 1. The van der Waals surface area contributed by atoms with E-state index < -0.39 is 0 Å². The van der Waals surface area contributed by atoms with E-state index in [1.807, 2.05) is 26.4 Å². The van der Waals surface area contributed by atoms with Gasteiger partial charge in [0.2, 0.25) is 0 Å². The molecule has 1 saturated heterocycles. The van der Waals surface area contributed by atoms with Crippen LogP contribution in [0.5, 0.6) is 0 Å². The van der Waals surface area contributed by atoms with Crippen LogP contribution in [0.4, 0.5) is 0 Å². The molecule has 1 aromatic rings. The number of rotatable bonds is 7. The second-order valence-electron chi connectivity index (χ2n) is 7.15. The van der Waals surface area contributed by atoms with Crippen molar-refractivity contribution in [2.24, 2.45) is 10.9 Å². The molecule has 2 rings (SSSR count). The van der Waals surface area contributed by atoms with Gasteiger partial charge in [0.05, 0.1) is 0 Å². The van der Waals surface area contributed by atoms with Gasteiger partial charge in [0.25, 0.3) is 0 Å². The van der Waals surface area contributed by atoms with Crippen LogP contribution in [0.15, 0.2) is 17.4 Å². The van der Waals surface area contributed by atoms with Crippen LogP contribution < -0.4 is 10.6 Å². The molecule has 0 aliphatic carbocycles. The number of guanidine groups is 1. The molecule has 2 atom stereocenters. The number of hydrogen-bond donors (Lipinski definition) is 2. The minimum Gasteiger partial charge on any atom is -0.356 e. The molecule has 0 aromatic carbocycles. The van der Waals surface area contributed by atoms with E-state index in [0.717, 1.165) is 50.8 Å². The van der Waals surface area contributed by atoms with Crippen LogP contribution in [0.1, 0.15) is 39.4 Å². The number of unbranched alkanes of at least 4 members (excludes halogenated alkanes) is 1. The number of hydrogen-bond acceptors (Lipinski definition) is 3. The maximum Gasteiger partial charge on any atom is 0.191 e.